The van der Waals surface area contributed by atoms with Gasteiger partial charge in [0.05, 0.1) is 12.2 Å². The zero-order valence-electron chi connectivity index (χ0n) is 11.9. The molecule has 0 amide bonds. The van der Waals surface area contributed by atoms with Crippen molar-refractivity contribution in [3.63, 3.8) is 0 Å². The first-order valence-corrected chi connectivity index (χ1v) is 7.42. The maximum absolute atomic E-state index is 10.5. The van der Waals surface area contributed by atoms with Crippen LogP contribution in [0.1, 0.15) is 24.5 Å². The summed E-state index contributed by atoms with van der Waals surface area (Å²) in [5.41, 5.74) is 9.01. The van der Waals surface area contributed by atoms with E-state index in [0.717, 1.165) is 16.7 Å². The van der Waals surface area contributed by atoms with Gasteiger partial charge in [0, 0.05) is 6.04 Å². The summed E-state index contributed by atoms with van der Waals surface area (Å²) in [6.45, 7) is 0. The topological polar surface area (TPSA) is 66.5 Å². The average Bonchev–Trinajstić information content (AvgIpc) is 2.87. The number of aliphatic hydroxyl groups excluding tert-OH is 2. The molecule has 0 bridgehead atoms. The summed E-state index contributed by atoms with van der Waals surface area (Å²) in [6, 6.07) is 17.9. The van der Waals surface area contributed by atoms with Gasteiger partial charge in [-0.2, -0.15) is 0 Å². The molecule has 110 valence electrons. The smallest absolute Gasteiger partial charge is 0.0819 e. The van der Waals surface area contributed by atoms with E-state index in [1.165, 1.54) is 0 Å². The monoisotopic (exact) mass is 283 g/mol. The van der Waals surface area contributed by atoms with Crippen molar-refractivity contribution in [3.8, 4) is 11.1 Å². The molecule has 1 fully saturated rings. The summed E-state index contributed by atoms with van der Waals surface area (Å²) in [5.74, 6) is 0.0394. The van der Waals surface area contributed by atoms with Crippen LogP contribution in [0.3, 0.4) is 0 Å². The van der Waals surface area contributed by atoms with Gasteiger partial charge in [0.1, 0.15) is 0 Å². The van der Waals surface area contributed by atoms with Gasteiger partial charge in [-0.15, -0.1) is 0 Å². The average molecular weight is 283 g/mol. The summed E-state index contributed by atoms with van der Waals surface area (Å²) >= 11 is 0. The van der Waals surface area contributed by atoms with Crippen molar-refractivity contribution in [2.45, 2.75) is 31.1 Å². The first kappa shape index (κ1) is 14.3. The van der Waals surface area contributed by atoms with Gasteiger partial charge >= 0.3 is 0 Å². The van der Waals surface area contributed by atoms with Crippen molar-refractivity contribution in [2.24, 2.45) is 11.7 Å². The number of hydrogen-bond donors (Lipinski definition) is 3. The van der Waals surface area contributed by atoms with E-state index in [1.807, 2.05) is 42.5 Å². The van der Waals surface area contributed by atoms with Gasteiger partial charge in [0.2, 0.25) is 0 Å². The Hall–Kier alpha value is -1.68. The molecule has 3 heteroatoms. The molecule has 0 heterocycles. The van der Waals surface area contributed by atoms with Gasteiger partial charge in [-0.05, 0) is 35.4 Å². The maximum Gasteiger partial charge on any atom is 0.0819 e. The minimum absolute atomic E-state index is 0.0394. The Balaban J connectivity index is 1.75. The van der Waals surface area contributed by atoms with Crippen molar-refractivity contribution in [3.05, 3.63) is 60.2 Å². The van der Waals surface area contributed by atoms with Gasteiger partial charge < -0.3 is 15.9 Å². The Morgan fingerprint density at radius 2 is 1.52 bits per heavy atom. The lowest BCUT2D eigenvalue weighted by Gasteiger charge is -2.18. The van der Waals surface area contributed by atoms with Crippen LogP contribution in [0.4, 0.5) is 0 Å². The third kappa shape index (κ3) is 3.00. The largest absolute Gasteiger partial charge is 0.392 e. The number of benzene rings is 2. The molecule has 0 radical (unpaired) electrons. The lowest BCUT2D eigenvalue weighted by molar-refractivity contribution is 0.0969. The number of hydrogen-bond acceptors (Lipinski definition) is 3. The highest BCUT2D eigenvalue weighted by Crippen LogP contribution is 2.36. The van der Waals surface area contributed by atoms with E-state index in [2.05, 4.69) is 12.1 Å². The van der Waals surface area contributed by atoms with E-state index >= 15 is 0 Å². The molecule has 21 heavy (non-hydrogen) atoms. The second kappa shape index (κ2) is 5.98. The Morgan fingerprint density at radius 3 is 2.10 bits per heavy atom. The van der Waals surface area contributed by atoms with E-state index in [4.69, 9.17) is 5.73 Å². The van der Waals surface area contributed by atoms with Crippen LogP contribution in [0.5, 0.6) is 0 Å². The van der Waals surface area contributed by atoms with Crippen LogP contribution in [0.2, 0.25) is 0 Å². The molecular weight excluding hydrogens is 262 g/mol. The minimum Gasteiger partial charge on any atom is -0.392 e. The predicted molar refractivity (Wildman–Crippen MR) is 83.5 cm³/mol. The summed E-state index contributed by atoms with van der Waals surface area (Å²) < 4.78 is 0. The number of aliphatic hydroxyl groups is 2. The molecule has 0 spiro atoms. The first-order chi connectivity index (χ1) is 10.1. The highest BCUT2D eigenvalue weighted by atomic mass is 16.3. The molecule has 3 rings (SSSR count). The van der Waals surface area contributed by atoms with Crippen LogP contribution < -0.4 is 5.73 Å². The maximum atomic E-state index is 10.5. The molecule has 2 aromatic carbocycles. The fourth-order valence-electron chi connectivity index (χ4n) is 3.12. The third-order valence-electron chi connectivity index (χ3n) is 4.42. The summed E-state index contributed by atoms with van der Waals surface area (Å²) in [4.78, 5) is 0. The molecule has 0 aliphatic heterocycles. The van der Waals surface area contributed by atoms with Gasteiger partial charge in [-0.1, -0.05) is 54.6 Å². The lowest BCUT2D eigenvalue weighted by Crippen LogP contribution is -2.28. The van der Waals surface area contributed by atoms with Crippen molar-refractivity contribution in [1.82, 2.24) is 0 Å². The molecule has 4 atom stereocenters. The summed E-state index contributed by atoms with van der Waals surface area (Å²) in [6.07, 6.45) is 0.192. The molecule has 1 unspecified atom stereocenters. The van der Waals surface area contributed by atoms with Gasteiger partial charge in [-0.25, -0.2) is 0 Å². The third-order valence-corrected chi connectivity index (χ3v) is 4.42. The zero-order chi connectivity index (χ0) is 14.8. The van der Waals surface area contributed by atoms with E-state index in [0.29, 0.717) is 12.8 Å². The Morgan fingerprint density at radius 1 is 0.905 bits per heavy atom. The molecular formula is C18H21NO2. The lowest BCUT2D eigenvalue weighted by atomic mass is 9.93. The molecule has 0 aromatic heterocycles. The van der Waals surface area contributed by atoms with E-state index in [1.54, 1.807) is 0 Å². The summed E-state index contributed by atoms with van der Waals surface area (Å²) in [7, 11) is 0. The zero-order valence-corrected chi connectivity index (χ0v) is 11.9. The fourth-order valence-corrected chi connectivity index (χ4v) is 3.12. The van der Waals surface area contributed by atoms with Crippen molar-refractivity contribution in [2.75, 3.05) is 0 Å². The quantitative estimate of drug-likeness (QED) is 0.810. The first-order valence-electron chi connectivity index (χ1n) is 7.42. The second-order valence-corrected chi connectivity index (χ2v) is 5.90. The van der Waals surface area contributed by atoms with Crippen LogP contribution in [0, 0.1) is 5.92 Å². The van der Waals surface area contributed by atoms with Gasteiger partial charge in [0.25, 0.3) is 0 Å². The highest BCUT2D eigenvalue weighted by Gasteiger charge is 2.35. The van der Waals surface area contributed by atoms with Crippen molar-refractivity contribution in [1.29, 1.82) is 0 Å². The van der Waals surface area contributed by atoms with Gasteiger partial charge in [0.15, 0.2) is 0 Å². The standard InChI is InChI=1S/C18H21NO2/c19-16-10-15(11-17(16)20)18(21)14-8-6-13(7-9-14)12-4-2-1-3-5-12/h1-9,15-18,20-21H,10-11,19H2/t15-,16+,17+,18?/m0/s1. The van der Waals surface area contributed by atoms with E-state index < -0.39 is 12.2 Å². The van der Waals surface area contributed by atoms with E-state index in [9.17, 15) is 10.2 Å². The van der Waals surface area contributed by atoms with Crippen LogP contribution in [-0.2, 0) is 0 Å². The molecule has 2 aromatic rings. The molecule has 0 saturated heterocycles. The molecule has 1 aliphatic rings. The van der Waals surface area contributed by atoms with Crippen molar-refractivity contribution < 1.29 is 10.2 Å². The molecule has 3 nitrogen and oxygen atoms in total. The van der Waals surface area contributed by atoms with Crippen LogP contribution in [0.15, 0.2) is 54.6 Å². The minimum atomic E-state index is -0.557. The van der Waals surface area contributed by atoms with Crippen molar-refractivity contribution >= 4 is 0 Å². The fraction of sp³-hybridized carbons (Fsp3) is 0.333. The molecule has 4 N–H and O–H groups in total. The SMILES string of the molecule is N[C@@H]1C[C@H](C(O)c2ccc(-c3ccccc3)cc2)C[C@H]1O. The summed E-state index contributed by atoms with van der Waals surface area (Å²) in [5, 5.41) is 20.2. The predicted octanol–water partition coefficient (Wildman–Crippen LogP) is 2.49. The number of nitrogens with two attached hydrogens (primary N) is 1. The second-order valence-electron chi connectivity index (χ2n) is 5.90. The van der Waals surface area contributed by atoms with E-state index in [-0.39, 0.29) is 12.0 Å². The van der Waals surface area contributed by atoms with Crippen LogP contribution >= 0.6 is 0 Å². The Bertz CT molecular complexity index is 572. The Labute approximate surface area is 125 Å². The molecule has 1 aliphatic carbocycles. The Kier molecular flexibility index (Phi) is 4.06. The molecule has 1 saturated carbocycles. The van der Waals surface area contributed by atoms with Crippen LogP contribution in [0.25, 0.3) is 11.1 Å². The normalized spacial score (nSPS) is 26.7. The highest BCUT2D eigenvalue weighted by molar-refractivity contribution is 5.63. The van der Waals surface area contributed by atoms with Crippen LogP contribution in [-0.4, -0.2) is 22.4 Å². The number of rotatable bonds is 3. The van der Waals surface area contributed by atoms with Gasteiger partial charge in [-0.3, -0.25) is 0 Å².